The second kappa shape index (κ2) is 4.46. The smallest absolute Gasteiger partial charge is 0.144 e. The van der Waals surface area contributed by atoms with Crippen LogP contribution >= 0.6 is 0 Å². The molecule has 15 heavy (non-hydrogen) atoms. The molecule has 0 saturated carbocycles. The lowest BCUT2D eigenvalue weighted by Gasteiger charge is -2.26. The fraction of sp³-hybridized carbons (Fsp3) is 0.462. The van der Waals surface area contributed by atoms with E-state index in [1.165, 1.54) is 11.1 Å². The molecule has 2 heteroatoms. The van der Waals surface area contributed by atoms with E-state index in [0.29, 0.717) is 0 Å². The van der Waals surface area contributed by atoms with Gasteiger partial charge in [0.15, 0.2) is 0 Å². The average molecular weight is 201 g/mol. The van der Waals surface area contributed by atoms with Gasteiger partial charge in [-0.3, -0.25) is 0 Å². The van der Waals surface area contributed by atoms with Gasteiger partial charge < -0.3 is 4.74 Å². The van der Waals surface area contributed by atoms with Crippen molar-refractivity contribution < 1.29 is 4.74 Å². The van der Waals surface area contributed by atoms with Crippen LogP contribution < -0.4 is 0 Å². The van der Waals surface area contributed by atoms with Crippen molar-refractivity contribution in [1.82, 2.24) is 0 Å². The highest BCUT2D eigenvalue weighted by Gasteiger charge is 2.23. The lowest BCUT2D eigenvalue weighted by atomic mass is 9.98. The molecule has 1 aliphatic rings. The molecule has 1 aromatic rings. The van der Waals surface area contributed by atoms with Gasteiger partial charge in [0.1, 0.15) is 6.10 Å². The van der Waals surface area contributed by atoms with Crippen LogP contribution in [0.5, 0.6) is 0 Å². The largest absolute Gasteiger partial charge is 0.355 e. The maximum atomic E-state index is 8.84. The van der Waals surface area contributed by atoms with Gasteiger partial charge >= 0.3 is 0 Å². The molecular formula is C13H15NO. The third-order valence-corrected chi connectivity index (χ3v) is 2.82. The molecule has 0 amide bonds. The zero-order valence-electron chi connectivity index (χ0n) is 8.94. The molecule has 1 unspecified atom stereocenters. The van der Waals surface area contributed by atoms with E-state index < -0.39 is 0 Å². The number of aryl methyl sites for hydroxylation is 1. The third-order valence-electron chi connectivity index (χ3n) is 2.82. The summed E-state index contributed by atoms with van der Waals surface area (Å²) < 4.78 is 5.72. The second-order valence-corrected chi connectivity index (χ2v) is 4.09. The molecule has 1 fully saturated rings. The minimum Gasteiger partial charge on any atom is -0.355 e. The highest BCUT2D eigenvalue weighted by molar-refractivity contribution is 5.24. The van der Waals surface area contributed by atoms with Gasteiger partial charge in [0.05, 0.1) is 12.2 Å². The third kappa shape index (κ3) is 2.37. The molecule has 0 aromatic heterocycles. The predicted octanol–water partition coefficient (Wildman–Crippen LogP) is 3.13. The van der Waals surface area contributed by atoms with E-state index >= 15 is 0 Å². The van der Waals surface area contributed by atoms with Gasteiger partial charge in [0, 0.05) is 0 Å². The zero-order chi connectivity index (χ0) is 10.7. The van der Waals surface area contributed by atoms with Gasteiger partial charge in [-0.05, 0) is 31.7 Å². The van der Waals surface area contributed by atoms with Gasteiger partial charge in [0.2, 0.25) is 0 Å². The van der Waals surface area contributed by atoms with Crippen molar-refractivity contribution >= 4 is 0 Å². The summed E-state index contributed by atoms with van der Waals surface area (Å²) in [4.78, 5) is 0. The molecule has 0 N–H and O–H groups in total. The summed E-state index contributed by atoms with van der Waals surface area (Å²) in [5.74, 6) is 0. The maximum Gasteiger partial charge on any atom is 0.144 e. The predicted molar refractivity (Wildman–Crippen MR) is 58.3 cm³/mol. The normalized spacial score (nSPS) is 25.9. The molecule has 0 radical (unpaired) electrons. The van der Waals surface area contributed by atoms with Gasteiger partial charge in [-0.1, -0.05) is 29.8 Å². The first kappa shape index (κ1) is 10.2. The standard InChI is InChI=1S/C13H15NO/c1-10-4-2-5-11(8-10)13-7-3-6-12(9-14)15-13/h2,4-5,8,12-13H,3,6-7H2,1H3/t12-,13?/m0/s1. The number of nitrogens with zero attached hydrogens (tertiary/aromatic N) is 1. The maximum absolute atomic E-state index is 8.84. The Morgan fingerprint density at radius 3 is 3.00 bits per heavy atom. The Morgan fingerprint density at radius 1 is 1.40 bits per heavy atom. The van der Waals surface area contributed by atoms with Gasteiger partial charge in [0.25, 0.3) is 0 Å². The second-order valence-electron chi connectivity index (χ2n) is 4.09. The molecule has 78 valence electrons. The van der Waals surface area contributed by atoms with Crippen LogP contribution in [0.3, 0.4) is 0 Å². The van der Waals surface area contributed by atoms with Gasteiger partial charge in [-0.25, -0.2) is 0 Å². The lowest BCUT2D eigenvalue weighted by molar-refractivity contribution is -0.0228. The minimum absolute atomic E-state index is 0.114. The summed E-state index contributed by atoms with van der Waals surface area (Å²) in [6.07, 6.45) is 2.88. The first-order valence-corrected chi connectivity index (χ1v) is 5.41. The number of hydrogen-bond donors (Lipinski definition) is 0. The van der Waals surface area contributed by atoms with Crippen molar-refractivity contribution in [2.24, 2.45) is 0 Å². The summed E-state index contributed by atoms with van der Waals surface area (Å²) in [5.41, 5.74) is 2.45. The number of ether oxygens (including phenoxy) is 1. The highest BCUT2D eigenvalue weighted by Crippen LogP contribution is 2.31. The summed E-state index contributed by atoms with van der Waals surface area (Å²) >= 11 is 0. The fourth-order valence-electron chi connectivity index (χ4n) is 2.03. The molecule has 1 aromatic carbocycles. The van der Waals surface area contributed by atoms with E-state index in [0.717, 1.165) is 19.3 Å². The topological polar surface area (TPSA) is 33.0 Å². The van der Waals surface area contributed by atoms with Crippen LogP contribution in [0.15, 0.2) is 24.3 Å². The molecular weight excluding hydrogens is 186 g/mol. The molecule has 0 aliphatic carbocycles. The van der Waals surface area contributed by atoms with Gasteiger partial charge in [-0.15, -0.1) is 0 Å². The van der Waals surface area contributed by atoms with Crippen molar-refractivity contribution in [3.63, 3.8) is 0 Å². The van der Waals surface area contributed by atoms with Crippen LogP contribution in [0.2, 0.25) is 0 Å². The van der Waals surface area contributed by atoms with Crippen LogP contribution in [0, 0.1) is 18.3 Å². The van der Waals surface area contributed by atoms with Crippen molar-refractivity contribution in [3.8, 4) is 6.07 Å². The minimum atomic E-state index is -0.218. The fourth-order valence-corrected chi connectivity index (χ4v) is 2.03. The Morgan fingerprint density at radius 2 is 2.27 bits per heavy atom. The molecule has 2 atom stereocenters. The lowest BCUT2D eigenvalue weighted by Crippen LogP contribution is -2.20. The molecule has 1 aliphatic heterocycles. The van der Waals surface area contributed by atoms with E-state index in [-0.39, 0.29) is 12.2 Å². The molecule has 0 spiro atoms. The van der Waals surface area contributed by atoms with Crippen LogP contribution in [-0.4, -0.2) is 6.10 Å². The molecule has 0 bridgehead atoms. The molecule has 2 rings (SSSR count). The van der Waals surface area contributed by atoms with Crippen LogP contribution in [0.1, 0.15) is 36.5 Å². The SMILES string of the molecule is Cc1cccc(C2CCC[C@@H](C#N)O2)c1. The van der Waals surface area contributed by atoms with Crippen molar-refractivity contribution in [2.45, 2.75) is 38.4 Å². The Labute approximate surface area is 90.5 Å². The highest BCUT2D eigenvalue weighted by atomic mass is 16.5. The van der Waals surface area contributed by atoms with Gasteiger partial charge in [-0.2, -0.15) is 5.26 Å². The van der Waals surface area contributed by atoms with E-state index in [2.05, 4.69) is 31.2 Å². The Bertz CT molecular complexity index is 380. The first-order valence-electron chi connectivity index (χ1n) is 5.41. The first-order chi connectivity index (χ1) is 7.29. The Kier molecular flexibility index (Phi) is 3.03. The summed E-state index contributed by atoms with van der Waals surface area (Å²) in [6, 6.07) is 10.5. The van der Waals surface area contributed by atoms with E-state index in [4.69, 9.17) is 10.00 Å². The van der Waals surface area contributed by atoms with Crippen molar-refractivity contribution in [2.75, 3.05) is 0 Å². The Hall–Kier alpha value is -1.33. The van der Waals surface area contributed by atoms with E-state index in [1.807, 2.05) is 6.07 Å². The summed E-state index contributed by atoms with van der Waals surface area (Å²) in [6.45, 7) is 2.08. The van der Waals surface area contributed by atoms with E-state index in [1.54, 1.807) is 0 Å². The molecule has 1 saturated heterocycles. The molecule has 1 heterocycles. The number of nitriles is 1. The van der Waals surface area contributed by atoms with Crippen molar-refractivity contribution in [3.05, 3.63) is 35.4 Å². The van der Waals surface area contributed by atoms with E-state index in [9.17, 15) is 0 Å². The average Bonchev–Trinajstić information content (AvgIpc) is 2.29. The monoisotopic (exact) mass is 201 g/mol. The van der Waals surface area contributed by atoms with Crippen LogP contribution in [0.4, 0.5) is 0 Å². The van der Waals surface area contributed by atoms with Crippen LogP contribution in [-0.2, 0) is 4.74 Å². The van der Waals surface area contributed by atoms with Crippen molar-refractivity contribution in [1.29, 1.82) is 5.26 Å². The van der Waals surface area contributed by atoms with Crippen LogP contribution in [0.25, 0.3) is 0 Å². The molecule has 2 nitrogen and oxygen atoms in total. The summed E-state index contributed by atoms with van der Waals surface area (Å²) in [7, 11) is 0. The summed E-state index contributed by atoms with van der Waals surface area (Å²) in [5, 5.41) is 8.84. The number of rotatable bonds is 1. The number of benzene rings is 1. The Balaban J connectivity index is 2.14. The quantitative estimate of drug-likeness (QED) is 0.699. The number of hydrogen-bond acceptors (Lipinski definition) is 2. The zero-order valence-corrected chi connectivity index (χ0v) is 8.94.